The minimum absolute atomic E-state index is 0.181. The molecule has 114 valence electrons. The van der Waals surface area contributed by atoms with Gasteiger partial charge in [-0.2, -0.15) is 12.7 Å². The van der Waals surface area contributed by atoms with Gasteiger partial charge in [0.05, 0.1) is 10.6 Å². The second-order valence-electron chi connectivity index (χ2n) is 3.92. The number of hydrogen-bond acceptors (Lipinski definition) is 6. The van der Waals surface area contributed by atoms with E-state index in [4.69, 9.17) is 10.3 Å². The van der Waals surface area contributed by atoms with Crippen molar-refractivity contribution in [2.24, 2.45) is 0 Å². The van der Waals surface area contributed by atoms with E-state index in [2.05, 4.69) is 0 Å². The Bertz CT molecular complexity index is 708. The average molecular weight is 324 g/mol. The number of aromatic hydroxyl groups is 1. The third-order valence-electron chi connectivity index (χ3n) is 2.70. The monoisotopic (exact) mass is 324 g/mol. The Morgan fingerprint density at radius 1 is 1.15 bits per heavy atom. The van der Waals surface area contributed by atoms with Crippen molar-refractivity contribution in [1.82, 2.24) is 4.31 Å². The maximum atomic E-state index is 12.2. The molecule has 8 nitrogen and oxygen atoms in total. The smallest absolute Gasteiger partial charge is 0.298 e. The molecule has 0 unspecified atom stereocenters. The van der Waals surface area contributed by atoms with E-state index >= 15 is 0 Å². The summed E-state index contributed by atoms with van der Waals surface area (Å²) in [6.07, 6.45) is 0. The number of rotatable bonds is 5. The molecule has 0 amide bonds. The van der Waals surface area contributed by atoms with Gasteiger partial charge < -0.3 is 10.8 Å². The van der Waals surface area contributed by atoms with Crippen molar-refractivity contribution in [2.75, 3.05) is 18.8 Å². The zero-order chi connectivity index (χ0) is 15.7. The van der Waals surface area contributed by atoms with Crippen LogP contribution in [-0.2, 0) is 20.1 Å². The van der Waals surface area contributed by atoms with E-state index in [9.17, 15) is 21.9 Å². The normalized spacial score (nSPS) is 12.8. The lowest BCUT2D eigenvalue weighted by atomic mass is 10.3. The van der Waals surface area contributed by atoms with Crippen molar-refractivity contribution in [3.05, 3.63) is 12.1 Å². The average Bonchev–Trinajstić information content (AvgIpc) is 2.31. The number of sulfonamides is 1. The lowest BCUT2D eigenvalue weighted by Crippen LogP contribution is -2.30. The van der Waals surface area contributed by atoms with Gasteiger partial charge in [0.1, 0.15) is 4.90 Å². The highest BCUT2D eigenvalue weighted by atomic mass is 32.2. The van der Waals surface area contributed by atoms with E-state index in [1.165, 1.54) is 0 Å². The predicted molar refractivity (Wildman–Crippen MR) is 72.4 cm³/mol. The molecule has 0 saturated carbocycles. The van der Waals surface area contributed by atoms with Crippen molar-refractivity contribution in [2.45, 2.75) is 23.6 Å². The van der Waals surface area contributed by atoms with Gasteiger partial charge in [-0.25, -0.2) is 8.42 Å². The van der Waals surface area contributed by atoms with Gasteiger partial charge in [0.2, 0.25) is 10.0 Å². The quantitative estimate of drug-likeness (QED) is 0.401. The second kappa shape index (κ2) is 5.56. The van der Waals surface area contributed by atoms with Gasteiger partial charge in [-0.15, -0.1) is 0 Å². The Labute approximate surface area is 117 Å². The fourth-order valence-corrected chi connectivity index (χ4v) is 3.89. The number of nitrogen functional groups attached to an aromatic ring is 1. The topological polar surface area (TPSA) is 138 Å². The van der Waals surface area contributed by atoms with E-state index < -0.39 is 41.4 Å². The molecular weight excluding hydrogens is 308 g/mol. The standard InChI is InChI=1S/C10H16N2O6S2/c1-3-12(4-2)19(14,15)7-5-8(11)10(13)9(6-7)20(16,17)18/h5-6,13H,3-4,11H2,1-2H3,(H,16,17,18). The molecule has 20 heavy (non-hydrogen) atoms. The van der Waals surface area contributed by atoms with Crippen LogP contribution < -0.4 is 5.73 Å². The van der Waals surface area contributed by atoms with Crippen LogP contribution in [0.15, 0.2) is 21.9 Å². The Morgan fingerprint density at radius 3 is 2.05 bits per heavy atom. The second-order valence-corrected chi connectivity index (χ2v) is 7.25. The van der Waals surface area contributed by atoms with E-state index in [1.54, 1.807) is 13.8 Å². The predicted octanol–water partition coefficient (Wildman–Crippen LogP) is 0.252. The summed E-state index contributed by atoms with van der Waals surface area (Å²) in [6, 6.07) is 1.62. The molecule has 0 bridgehead atoms. The minimum atomic E-state index is -4.79. The van der Waals surface area contributed by atoms with E-state index in [1.807, 2.05) is 0 Å². The lowest BCUT2D eigenvalue weighted by molar-refractivity contribution is 0.440. The van der Waals surface area contributed by atoms with Crippen molar-refractivity contribution in [3.8, 4) is 5.75 Å². The third kappa shape index (κ3) is 3.03. The SMILES string of the molecule is CCN(CC)S(=O)(=O)c1cc(N)c(O)c(S(=O)(=O)O)c1. The molecule has 1 aromatic rings. The molecule has 0 saturated heterocycles. The molecule has 0 atom stereocenters. The Kier molecular flexibility index (Phi) is 4.64. The third-order valence-corrected chi connectivity index (χ3v) is 5.59. The van der Waals surface area contributed by atoms with Crippen LogP contribution in [0.4, 0.5) is 5.69 Å². The number of phenolic OH excluding ortho intramolecular Hbond substituents is 1. The van der Waals surface area contributed by atoms with Crippen molar-refractivity contribution < 1.29 is 26.5 Å². The summed E-state index contributed by atoms with van der Waals surface area (Å²) in [5, 5.41) is 9.50. The molecule has 1 aromatic carbocycles. The van der Waals surface area contributed by atoms with Crippen LogP contribution in [0.5, 0.6) is 5.75 Å². The first-order valence-corrected chi connectivity index (χ1v) is 8.53. The van der Waals surface area contributed by atoms with Crippen LogP contribution in [0.1, 0.15) is 13.8 Å². The summed E-state index contributed by atoms with van der Waals surface area (Å²) < 4.78 is 56.8. The first kappa shape index (κ1) is 16.7. The highest BCUT2D eigenvalue weighted by Crippen LogP contribution is 2.33. The highest BCUT2D eigenvalue weighted by Gasteiger charge is 2.27. The number of hydrogen-bond donors (Lipinski definition) is 3. The molecule has 0 radical (unpaired) electrons. The van der Waals surface area contributed by atoms with Gasteiger partial charge in [0.25, 0.3) is 10.1 Å². The summed E-state index contributed by atoms with van der Waals surface area (Å²) in [4.78, 5) is -1.35. The van der Waals surface area contributed by atoms with E-state index in [0.29, 0.717) is 6.07 Å². The summed E-state index contributed by atoms with van der Waals surface area (Å²) in [5.74, 6) is -0.883. The molecule has 4 N–H and O–H groups in total. The summed E-state index contributed by atoms with van der Waals surface area (Å²) >= 11 is 0. The lowest BCUT2D eigenvalue weighted by Gasteiger charge is -2.19. The van der Waals surface area contributed by atoms with Gasteiger partial charge in [-0.1, -0.05) is 13.8 Å². The van der Waals surface area contributed by atoms with Crippen molar-refractivity contribution in [1.29, 1.82) is 0 Å². The number of benzene rings is 1. The van der Waals surface area contributed by atoms with Crippen molar-refractivity contribution >= 4 is 25.8 Å². The van der Waals surface area contributed by atoms with Gasteiger partial charge in [-0.05, 0) is 12.1 Å². The molecular formula is C10H16N2O6S2. The molecule has 0 aromatic heterocycles. The maximum absolute atomic E-state index is 12.2. The highest BCUT2D eigenvalue weighted by molar-refractivity contribution is 7.89. The largest absolute Gasteiger partial charge is 0.504 e. The summed E-state index contributed by atoms with van der Waals surface area (Å²) in [5.41, 5.74) is 4.94. The van der Waals surface area contributed by atoms with Gasteiger partial charge >= 0.3 is 0 Å². The molecule has 0 heterocycles. The van der Waals surface area contributed by atoms with Crippen LogP contribution in [-0.4, -0.2) is 43.9 Å². The Balaban J connectivity index is 3.61. The van der Waals surface area contributed by atoms with E-state index in [0.717, 1.165) is 10.4 Å². The van der Waals surface area contributed by atoms with Gasteiger partial charge in [-0.3, -0.25) is 4.55 Å². The summed E-state index contributed by atoms with van der Waals surface area (Å²) in [7, 11) is -8.75. The van der Waals surface area contributed by atoms with Crippen molar-refractivity contribution in [3.63, 3.8) is 0 Å². The van der Waals surface area contributed by atoms with Crippen LogP contribution in [0.2, 0.25) is 0 Å². The first-order valence-electron chi connectivity index (χ1n) is 5.65. The number of nitrogens with zero attached hydrogens (tertiary/aromatic N) is 1. The van der Waals surface area contributed by atoms with Gasteiger partial charge in [0.15, 0.2) is 5.75 Å². The molecule has 0 aliphatic carbocycles. The van der Waals surface area contributed by atoms with E-state index in [-0.39, 0.29) is 13.1 Å². The zero-order valence-corrected chi connectivity index (χ0v) is 12.6. The van der Waals surface area contributed by atoms with Crippen LogP contribution in [0.3, 0.4) is 0 Å². The minimum Gasteiger partial charge on any atom is -0.504 e. The molecule has 1 rings (SSSR count). The van der Waals surface area contributed by atoms with Gasteiger partial charge in [0, 0.05) is 13.1 Å². The fraction of sp³-hybridized carbons (Fsp3) is 0.400. The fourth-order valence-electron chi connectivity index (χ4n) is 1.66. The Morgan fingerprint density at radius 2 is 1.65 bits per heavy atom. The van der Waals surface area contributed by atoms with Crippen LogP contribution in [0.25, 0.3) is 0 Å². The van der Waals surface area contributed by atoms with Crippen LogP contribution in [0, 0.1) is 0 Å². The molecule has 10 heteroatoms. The Hall–Kier alpha value is -1.36. The first-order chi connectivity index (χ1) is 9.05. The number of phenols is 1. The number of anilines is 1. The molecule has 0 fully saturated rings. The summed E-state index contributed by atoms with van der Waals surface area (Å²) in [6.45, 7) is 3.60. The molecule has 0 aliphatic rings. The maximum Gasteiger partial charge on any atom is 0.298 e. The van der Waals surface area contributed by atoms with Crippen LogP contribution >= 0.6 is 0 Å². The number of nitrogens with two attached hydrogens (primary N) is 1. The molecule has 0 spiro atoms. The zero-order valence-electron chi connectivity index (χ0n) is 10.9. The molecule has 0 aliphatic heterocycles.